The van der Waals surface area contributed by atoms with E-state index in [1.165, 1.54) is 4.68 Å². The van der Waals surface area contributed by atoms with E-state index in [2.05, 4.69) is 15.6 Å². The van der Waals surface area contributed by atoms with Crippen molar-refractivity contribution in [1.29, 1.82) is 0 Å². The topological polar surface area (TPSA) is 80.0 Å². The van der Waals surface area contributed by atoms with Crippen LogP contribution in [0.3, 0.4) is 0 Å². The van der Waals surface area contributed by atoms with Gasteiger partial charge in [-0.3, -0.25) is 4.79 Å². The lowest BCUT2D eigenvalue weighted by Crippen LogP contribution is -2.24. The van der Waals surface area contributed by atoms with Crippen molar-refractivity contribution in [2.75, 3.05) is 7.05 Å². The molecule has 0 unspecified atom stereocenters. The second kappa shape index (κ2) is 5.81. The molecule has 0 saturated heterocycles. The van der Waals surface area contributed by atoms with Crippen LogP contribution >= 0.6 is 11.6 Å². The van der Waals surface area contributed by atoms with Gasteiger partial charge < -0.3 is 10.4 Å². The van der Waals surface area contributed by atoms with Crippen molar-refractivity contribution >= 4 is 17.5 Å². The zero-order valence-corrected chi connectivity index (χ0v) is 11.1. The number of aliphatic hydroxyl groups is 1. The highest BCUT2D eigenvalue weighted by molar-refractivity contribution is 6.30. The summed E-state index contributed by atoms with van der Waals surface area (Å²) < 4.78 is 1.45. The van der Waals surface area contributed by atoms with Crippen LogP contribution in [0.15, 0.2) is 24.3 Å². The average Bonchev–Trinajstić information content (AvgIpc) is 2.82. The van der Waals surface area contributed by atoms with Crippen molar-refractivity contribution in [1.82, 2.24) is 20.3 Å². The minimum absolute atomic E-state index is 0.0431. The number of hydrogen-bond donors (Lipinski definition) is 2. The van der Waals surface area contributed by atoms with Crippen molar-refractivity contribution in [3.05, 3.63) is 35.0 Å². The summed E-state index contributed by atoms with van der Waals surface area (Å²) in [5, 5.41) is 20.2. The number of nitrogens with one attached hydrogen (secondary N) is 1. The summed E-state index contributed by atoms with van der Waals surface area (Å²) in [5.74, 6) is -0.190. The maximum absolute atomic E-state index is 11.4. The van der Waals surface area contributed by atoms with E-state index in [1.54, 1.807) is 31.3 Å². The van der Waals surface area contributed by atoms with Crippen LogP contribution in [0, 0.1) is 0 Å². The Bertz CT molecular complexity index is 580. The molecule has 1 amide bonds. The molecule has 0 aliphatic heterocycles. The fourth-order valence-electron chi connectivity index (χ4n) is 1.70. The molecule has 2 N–H and O–H groups in total. The number of aliphatic hydroxyl groups excluding tert-OH is 1. The molecule has 0 atom stereocenters. The van der Waals surface area contributed by atoms with Gasteiger partial charge in [-0.25, -0.2) is 4.68 Å². The molecule has 0 radical (unpaired) electrons. The number of aromatic nitrogens is 3. The van der Waals surface area contributed by atoms with E-state index >= 15 is 0 Å². The molecule has 19 heavy (non-hydrogen) atoms. The van der Waals surface area contributed by atoms with Crippen molar-refractivity contribution in [2.45, 2.75) is 13.2 Å². The number of rotatable bonds is 4. The van der Waals surface area contributed by atoms with Crippen LogP contribution in [0.5, 0.6) is 0 Å². The zero-order valence-electron chi connectivity index (χ0n) is 10.3. The number of nitrogens with zero attached hydrogens (tertiary/aromatic N) is 3. The zero-order chi connectivity index (χ0) is 13.8. The first-order valence-corrected chi connectivity index (χ1v) is 6.03. The van der Waals surface area contributed by atoms with Crippen LogP contribution < -0.4 is 5.32 Å². The van der Waals surface area contributed by atoms with Gasteiger partial charge >= 0.3 is 0 Å². The second-order valence-electron chi connectivity index (χ2n) is 3.88. The Balaban J connectivity index is 2.44. The van der Waals surface area contributed by atoms with Gasteiger partial charge in [-0.05, 0) is 12.1 Å². The van der Waals surface area contributed by atoms with Crippen molar-refractivity contribution in [3.63, 3.8) is 0 Å². The maximum atomic E-state index is 11.4. The monoisotopic (exact) mass is 280 g/mol. The van der Waals surface area contributed by atoms with Crippen LogP contribution in [0.4, 0.5) is 0 Å². The largest absolute Gasteiger partial charge is 0.390 e. The Morgan fingerprint density at radius 3 is 2.68 bits per heavy atom. The summed E-state index contributed by atoms with van der Waals surface area (Å²) >= 11 is 5.84. The Hall–Kier alpha value is -1.92. The van der Waals surface area contributed by atoms with Crippen molar-refractivity contribution in [2.24, 2.45) is 0 Å². The van der Waals surface area contributed by atoms with Crippen LogP contribution in [0.25, 0.3) is 11.3 Å². The molecule has 100 valence electrons. The maximum Gasteiger partial charge on any atom is 0.241 e. The normalized spacial score (nSPS) is 10.5. The van der Waals surface area contributed by atoms with Crippen molar-refractivity contribution < 1.29 is 9.90 Å². The summed E-state index contributed by atoms with van der Waals surface area (Å²) in [6.07, 6.45) is 0. The predicted molar refractivity (Wildman–Crippen MR) is 70.5 cm³/mol. The molecule has 1 heterocycles. The minimum atomic E-state index is -0.244. The Morgan fingerprint density at radius 2 is 2.11 bits per heavy atom. The van der Waals surface area contributed by atoms with E-state index in [9.17, 15) is 9.90 Å². The van der Waals surface area contributed by atoms with Gasteiger partial charge in [0.1, 0.15) is 12.2 Å². The quantitative estimate of drug-likeness (QED) is 0.870. The van der Waals surface area contributed by atoms with Gasteiger partial charge in [0.25, 0.3) is 0 Å². The summed E-state index contributed by atoms with van der Waals surface area (Å²) in [7, 11) is 1.55. The molecule has 0 fully saturated rings. The molecule has 1 aromatic heterocycles. The van der Waals surface area contributed by atoms with Crippen LogP contribution in [0.1, 0.15) is 5.69 Å². The van der Waals surface area contributed by atoms with Gasteiger partial charge in [0.2, 0.25) is 5.91 Å². The van der Waals surface area contributed by atoms with E-state index in [0.29, 0.717) is 16.4 Å². The number of benzene rings is 1. The fourth-order valence-corrected chi connectivity index (χ4v) is 1.83. The lowest BCUT2D eigenvalue weighted by molar-refractivity contribution is -0.121. The Labute approximate surface area is 115 Å². The number of hydrogen-bond acceptors (Lipinski definition) is 4. The first-order chi connectivity index (χ1) is 9.15. The third kappa shape index (κ3) is 2.91. The lowest BCUT2D eigenvalue weighted by atomic mass is 10.1. The lowest BCUT2D eigenvalue weighted by Gasteiger charge is -2.07. The van der Waals surface area contributed by atoms with E-state index in [1.807, 2.05) is 0 Å². The first kappa shape index (κ1) is 13.5. The molecular formula is C12H13ClN4O2. The molecule has 7 heteroatoms. The molecule has 0 aliphatic rings. The van der Waals surface area contributed by atoms with Gasteiger partial charge in [0, 0.05) is 17.6 Å². The summed E-state index contributed by atoms with van der Waals surface area (Å²) in [6, 6.07) is 7.05. The first-order valence-electron chi connectivity index (χ1n) is 5.65. The Kier molecular flexibility index (Phi) is 4.13. The second-order valence-corrected chi connectivity index (χ2v) is 4.32. The highest BCUT2D eigenvalue weighted by Gasteiger charge is 2.15. The Morgan fingerprint density at radius 1 is 1.42 bits per heavy atom. The van der Waals surface area contributed by atoms with Crippen LogP contribution in [0.2, 0.25) is 5.02 Å². The number of halogens is 1. The van der Waals surface area contributed by atoms with E-state index in [-0.39, 0.29) is 19.1 Å². The van der Waals surface area contributed by atoms with Gasteiger partial charge in [0.15, 0.2) is 0 Å². The number of carbonyl (C=O) groups is 1. The highest BCUT2D eigenvalue weighted by atomic mass is 35.5. The molecular weight excluding hydrogens is 268 g/mol. The van der Waals surface area contributed by atoms with Gasteiger partial charge in [0.05, 0.1) is 12.3 Å². The smallest absolute Gasteiger partial charge is 0.241 e. The van der Waals surface area contributed by atoms with E-state index in [0.717, 1.165) is 5.56 Å². The van der Waals surface area contributed by atoms with Crippen molar-refractivity contribution in [3.8, 4) is 11.3 Å². The molecule has 0 aliphatic carbocycles. The number of carbonyl (C=O) groups excluding carboxylic acids is 1. The molecule has 0 spiro atoms. The highest BCUT2D eigenvalue weighted by Crippen LogP contribution is 2.24. The van der Waals surface area contributed by atoms with Crippen LogP contribution in [-0.2, 0) is 17.9 Å². The van der Waals surface area contributed by atoms with E-state index < -0.39 is 0 Å². The molecule has 0 bridgehead atoms. The average molecular weight is 281 g/mol. The van der Waals surface area contributed by atoms with E-state index in [4.69, 9.17) is 11.6 Å². The summed E-state index contributed by atoms with van der Waals surface area (Å²) in [4.78, 5) is 11.4. The van der Waals surface area contributed by atoms with Gasteiger partial charge in [-0.2, -0.15) is 0 Å². The SMILES string of the molecule is CNC(=O)Cn1nnc(CO)c1-c1ccc(Cl)cc1. The third-order valence-corrected chi connectivity index (χ3v) is 2.90. The summed E-state index contributed by atoms with van der Waals surface area (Å²) in [6.45, 7) is -0.201. The summed E-state index contributed by atoms with van der Waals surface area (Å²) in [5.41, 5.74) is 1.83. The molecule has 2 aromatic rings. The fraction of sp³-hybridized carbons (Fsp3) is 0.250. The molecule has 1 aromatic carbocycles. The van der Waals surface area contributed by atoms with Gasteiger partial charge in [-0.15, -0.1) is 5.10 Å². The molecule has 0 saturated carbocycles. The standard InChI is InChI=1S/C12H13ClN4O2/c1-14-11(19)6-17-12(10(7-18)15-16-17)8-2-4-9(13)5-3-8/h2-5,18H,6-7H2,1H3,(H,14,19). The van der Waals surface area contributed by atoms with Crippen LogP contribution in [-0.4, -0.2) is 33.1 Å². The molecule has 6 nitrogen and oxygen atoms in total. The molecule has 2 rings (SSSR count). The predicted octanol–water partition coefficient (Wildman–Crippen LogP) is 0.837. The van der Waals surface area contributed by atoms with Gasteiger partial charge in [-0.1, -0.05) is 28.9 Å². The number of amides is 1. The number of likely N-dealkylation sites (N-methyl/N-ethyl adjacent to an activating group) is 1. The minimum Gasteiger partial charge on any atom is -0.390 e. The third-order valence-electron chi connectivity index (χ3n) is 2.64.